The molecule has 1 aromatic heterocycles. The van der Waals surface area contributed by atoms with Crippen LogP contribution in [0.1, 0.15) is 35.6 Å². The van der Waals surface area contributed by atoms with Crippen LogP contribution in [-0.2, 0) is 0 Å². The Morgan fingerprint density at radius 1 is 1.07 bits per heavy atom. The third kappa shape index (κ3) is 4.39. The first kappa shape index (κ1) is 19.0. The normalized spacial score (nSPS) is 17.2. The lowest BCUT2D eigenvalue weighted by molar-refractivity contribution is 0.453. The van der Waals surface area contributed by atoms with Gasteiger partial charge in [-0.3, -0.25) is 0 Å². The van der Waals surface area contributed by atoms with Gasteiger partial charge in [0.05, 0.1) is 29.4 Å². The molecule has 0 aliphatic carbocycles. The number of fused-ring (bicyclic) bond motifs is 1. The molecule has 0 radical (unpaired) electrons. The van der Waals surface area contributed by atoms with E-state index in [1.807, 2.05) is 48.7 Å². The van der Waals surface area contributed by atoms with E-state index in [-0.39, 0.29) is 12.1 Å². The second kappa shape index (κ2) is 8.76. The molecule has 0 unspecified atom stereocenters. The Bertz CT molecular complexity index is 978. The Kier molecular flexibility index (Phi) is 5.73. The van der Waals surface area contributed by atoms with Crippen molar-refractivity contribution in [2.24, 2.45) is 0 Å². The van der Waals surface area contributed by atoms with Crippen LogP contribution in [0.3, 0.4) is 0 Å². The van der Waals surface area contributed by atoms with E-state index in [0.29, 0.717) is 11.5 Å². The van der Waals surface area contributed by atoms with Crippen molar-refractivity contribution in [3.63, 3.8) is 0 Å². The van der Waals surface area contributed by atoms with Crippen molar-refractivity contribution in [1.82, 2.24) is 10.3 Å². The van der Waals surface area contributed by atoms with E-state index in [1.54, 1.807) is 0 Å². The largest absolute Gasteiger partial charge is 0.380 e. The van der Waals surface area contributed by atoms with Crippen LogP contribution in [0.4, 0.5) is 11.5 Å². The van der Waals surface area contributed by atoms with Gasteiger partial charge in [0.2, 0.25) is 0 Å². The topological polar surface area (TPSA) is 72.8 Å². The molecule has 2 heterocycles. The number of hydrogen-bond donors (Lipinski definition) is 3. The summed E-state index contributed by atoms with van der Waals surface area (Å²) >= 11 is 0. The molecular formula is C24H25N5. The van der Waals surface area contributed by atoms with Gasteiger partial charge >= 0.3 is 0 Å². The summed E-state index contributed by atoms with van der Waals surface area (Å²) in [4.78, 5) is 4.48. The maximum atomic E-state index is 9.00. The molecule has 1 aliphatic rings. The SMILES string of the molecule is C[C@@H](CN[C@H](c1ccccc1)[C@@H]1CNc2cccnc2N1)c1ccc(C#N)cc1. The second-order valence-electron chi connectivity index (χ2n) is 7.46. The highest BCUT2D eigenvalue weighted by Gasteiger charge is 2.27. The molecule has 5 nitrogen and oxygen atoms in total. The van der Waals surface area contributed by atoms with Gasteiger partial charge in [0.25, 0.3) is 0 Å². The van der Waals surface area contributed by atoms with Crippen LogP contribution in [0.25, 0.3) is 0 Å². The molecule has 0 bridgehead atoms. The fourth-order valence-electron chi connectivity index (χ4n) is 3.77. The van der Waals surface area contributed by atoms with Gasteiger partial charge in [-0.2, -0.15) is 5.26 Å². The highest BCUT2D eigenvalue weighted by molar-refractivity contribution is 5.67. The number of aromatic nitrogens is 1. The predicted molar refractivity (Wildman–Crippen MR) is 117 cm³/mol. The van der Waals surface area contributed by atoms with E-state index < -0.39 is 0 Å². The second-order valence-corrected chi connectivity index (χ2v) is 7.46. The molecule has 1 aliphatic heterocycles. The van der Waals surface area contributed by atoms with Gasteiger partial charge in [-0.1, -0.05) is 49.4 Å². The van der Waals surface area contributed by atoms with E-state index in [2.05, 4.69) is 58.2 Å². The molecule has 146 valence electrons. The van der Waals surface area contributed by atoms with Gasteiger partial charge in [-0.15, -0.1) is 0 Å². The van der Waals surface area contributed by atoms with Crippen LogP contribution in [-0.4, -0.2) is 24.1 Å². The van der Waals surface area contributed by atoms with E-state index in [9.17, 15) is 0 Å². The first-order chi connectivity index (χ1) is 14.2. The Morgan fingerprint density at radius 2 is 1.86 bits per heavy atom. The highest BCUT2D eigenvalue weighted by atomic mass is 15.2. The number of benzene rings is 2. The summed E-state index contributed by atoms with van der Waals surface area (Å²) < 4.78 is 0. The first-order valence-electron chi connectivity index (χ1n) is 9.98. The van der Waals surface area contributed by atoms with Crippen molar-refractivity contribution in [3.8, 4) is 6.07 Å². The van der Waals surface area contributed by atoms with Crippen molar-refractivity contribution in [1.29, 1.82) is 5.26 Å². The summed E-state index contributed by atoms with van der Waals surface area (Å²) in [6, 6.07) is 24.9. The summed E-state index contributed by atoms with van der Waals surface area (Å²) in [5.41, 5.74) is 4.21. The highest BCUT2D eigenvalue weighted by Crippen LogP contribution is 2.29. The Hall–Kier alpha value is -3.36. The van der Waals surface area contributed by atoms with Crippen LogP contribution < -0.4 is 16.0 Å². The molecule has 3 atom stereocenters. The summed E-state index contributed by atoms with van der Waals surface area (Å²) in [7, 11) is 0. The smallest absolute Gasteiger partial charge is 0.149 e. The summed E-state index contributed by atoms with van der Waals surface area (Å²) in [5.74, 6) is 1.22. The molecular weight excluding hydrogens is 358 g/mol. The third-order valence-corrected chi connectivity index (χ3v) is 5.46. The maximum absolute atomic E-state index is 9.00. The average molecular weight is 383 g/mol. The van der Waals surface area contributed by atoms with Gasteiger partial charge < -0.3 is 16.0 Å². The van der Waals surface area contributed by atoms with Gasteiger partial charge in [-0.05, 0) is 41.3 Å². The van der Waals surface area contributed by atoms with E-state index in [0.717, 1.165) is 24.6 Å². The first-order valence-corrected chi connectivity index (χ1v) is 9.98. The number of pyridine rings is 1. The molecule has 2 aromatic carbocycles. The Balaban J connectivity index is 1.50. The molecule has 0 spiro atoms. The molecule has 3 aromatic rings. The molecule has 0 amide bonds. The van der Waals surface area contributed by atoms with Gasteiger partial charge in [0.1, 0.15) is 5.82 Å². The van der Waals surface area contributed by atoms with Crippen LogP contribution in [0.5, 0.6) is 0 Å². The molecule has 0 fully saturated rings. The zero-order valence-electron chi connectivity index (χ0n) is 16.5. The monoisotopic (exact) mass is 383 g/mol. The summed E-state index contributed by atoms with van der Waals surface area (Å²) in [6.45, 7) is 3.86. The molecule has 3 N–H and O–H groups in total. The van der Waals surface area contributed by atoms with Crippen molar-refractivity contribution < 1.29 is 0 Å². The fraction of sp³-hybridized carbons (Fsp3) is 0.250. The molecule has 0 saturated heterocycles. The number of rotatable bonds is 6. The number of hydrogen-bond acceptors (Lipinski definition) is 5. The number of nitrogens with zero attached hydrogens (tertiary/aromatic N) is 2. The Labute approximate surface area is 171 Å². The van der Waals surface area contributed by atoms with Crippen LogP contribution in [0.15, 0.2) is 72.9 Å². The lowest BCUT2D eigenvalue weighted by Gasteiger charge is -2.35. The zero-order chi connectivity index (χ0) is 20.1. The zero-order valence-corrected chi connectivity index (χ0v) is 16.5. The standard InChI is InChI=1S/C24H25N5/c1-17(19-11-9-18(14-25)10-12-19)15-28-23(20-6-3-2-4-7-20)22-16-27-21-8-5-13-26-24(21)29-22/h2-13,17,22-23,27-28H,15-16H2,1H3,(H,26,29)/t17-,22-,23+/m0/s1. The van der Waals surface area contributed by atoms with Crippen molar-refractivity contribution in [2.75, 3.05) is 23.7 Å². The van der Waals surface area contributed by atoms with E-state index in [4.69, 9.17) is 5.26 Å². The minimum absolute atomic E-state index is 0.139. The van der Waals surface area contributed by atoms with E-state index in [1.165, 1.54) is 11.1 Å². The number of nitriles is 1. The van der Waals surface area contributed by atoms with E-state index >= 15 is 0 Å². The fourth-order valence-corrected chi connectivity index (χ4v) is 3.77. The average Bonchev–Trinajstić information content (AvgIpc) is 2.79. The van der Waals surface area contributed by atoms with Crippen molar-refractivity contribution >= 4 is 11.5 Å². The quantitative estimate of drug-likeness (QED) is 0.592. The maximum Gasteiger partial charge on any atom is 0.149 e. The number of anilines is 2. The van der Waals surface area contributed by atoms with Gasteiger partial charge in [0, 0.05) is 19.3 Å². The lowest BCUT2D eigenvalue weighted by Crippen LogP contribution is -2.45. The minimum atomic E-state index is 0.139. The predicted octanol–water partition coefficient (Wildman–Crippen LogP) is 4.29. The molecule has 29 heavy (non-hydrogen) atoms. The van der Waals surface area contributed by atoms with Crippen LogP contribution >= 0.6 is 0 Å². The Morgan fingerprint density at radius 3 is 2.62 bits per heavy atom. The lowest BCUT2D eigenvalue weighted by atomic mass is 9.95. The van der Waals surface area contributed by atoms with Gasteiger partial charge in [0.15, 0.2) is 0 Å². The summed E-state index contributed by atoms with van der Waals surface area (Å²) in [5, 5.41) is 19.9. The molecule has 0 saturated carbocycles. The van der Waals surface area contributed by atoms with Gasteiger partial charge in [-0.25, -0.2) is 4.98 Å². The summed E-state index contributed by atoms with van der Waals surface area (Å²) in [6.07, 6.45) is 1.81. The minimum Gasteiger partial charge on any atom is -0.380 e. The molecule has 5 heteroatoms. The van der Waals surface area contributed by atoms with Crippen molar-refractivity contribution in [2.45, 2.75) is 24.9 Å². The molecule has 4 rings (SSSR count). The van der Waals surface area contributed by atoms with Crippen LogP contribution in [0.2, 0.25) is 0 Å². The number of nitrogens with one attached hydrogen (secondary N) is 3. The van der Waals surface area contributed by atoms with Crippen molar-refractivity contribution in [3.05, 3.63) is 89.6 Å². The third-order valence-electron chi connectivity index (χ3n) is 5.46. The van der Waals surface area contributed by atoms with Crippen LogP contribution in [0, 0.1) is 11.3 Å².